The summed E-state index contributed by atoms with van der Waals surface area (Å²) < 4.78 is 19.5. The second kappa shape index (κ2) is 6.91. The predicted octanol–water partition coefficient (Wildman–Crippen LogP) is 1.18. The highest BCUT2D eigenvalue weighted by Crippen LogP contribution is 2.25. The molecule has 22 heavy (non-hydrogen) atoms. The molecule has 3 N–H and O–H groups in total. The third-order valence-corrected chi connectivity index (χ3v) is 3.88. The lowest BCUT2D eigenvalue weighted by atomic mass is 9.93. The highest BCUT2D eigenvalue weighted by atomic mass is 35.5. The summed E-state index contributed by atoms with van der Waals surface area (Å²) in [6.07, 6.45) is -0.669. The molecule has 0 aromatic heterocycles. The second-order valence-electron chi connectivity index (χ2n) is 5.85. The normalized spacial score (nSPS) is 22.4. The molecule has 1 aliphatic rings. The number of rotatable bonds is 4. The highest BCUT2D eigenvalue weighted by molar-refractivity contribution is 6.30. The number of benzene rings is 1. The van der Waals surface area contributed by atoms with Crippen LogP contribution in [0.15, 0.2) is 18.2 Å². The molecule has 7 heteroatoms. The monoisotopic (exact) mass is 330 g/mol. The Bertz CT molecular complexity index is 546. The summed E-state index contributed by atoms with van der Waals surface area (Å²) in [5, 5.41) is 15.1. The van der Waals surface area contributed by atoms with Crippen LogP contribution in [-0.4, -0.2) is 42.9 Å². The van der Waals surface area contributed by atoms with Crippen molar-refractivity contribution in [3.05, 3.63) is 34.6 Å². The number of hydrogen-bond acceptors (Lipinski definition) is 4. The van der Waals surface area contributed by atoms with E-state index in [0.29, 0.717) is 17.1 Å². The average molecular weight is 331 g/mol. The van der Waals surface area contributed by atoms with Crippen molar-refractivity contribution in [2.75, 3.05) is 19.8 Å². The highest BCUT2D eigenvalue weighted by Gasteiger charge is 2.32. The van der Waals surface area contributed by atoms with Crippen molar-refractivity contribution in [2.45, 2.75) is 31.5 Å². The van der Waals surface area contributed by atoms with Crippen LogP contribution in [0, 0.1) is 5.82 Å². The minimum atomic E-state index is -0.900. The zero-order chi connectivity index (χ0) is 16.3. The first-order valence-electron chi connectivity index (χ1n) is 7.07. The molecule has 1 fully saturated rings. The van der Waals surface area contributed by atoms with Crippen LogP contribution < -0.4 is 10.6 Å². The van der Waals surface area contributed by atoms with Gasteiger partial charge in [-0.25, -0.2) is 4.39 Å². The van der Waals surface area contributed by atoms with Crippen LogP contribution >= 0.6 is 11.6 Å². The molecule has 1 heterocycles. The van der Waals surface area contributed by atoms with E-state index >= 15 is 0 Å². The van der Waals surface area contributed by atoms with E-state index < -0.39 is 17.5 Å². The minimum Gasteiger partial charge on any atom is -0.395 e. The Balaban J connectivity index is 2.03. The maximum Gasteiger partial charge on any atom is 0.251 e. The average Bonchev–Trinajstić information content (AvgIpc) is 2.46. The maximum absolute atomic E-state index is 14.0. The van der Waals surface area contributed by atoms with E-state index in [-0.39, 0.29) is 25.2 Å². The molecule has 122 valence electrons. The molecule has 2 rings (SSSR count). The number of amides is 1. The smallest absolute Gasteiger partial charge is 0.251 e. The van der Waals surface area contributed by atoms with E-state index in [9.17, 15) is 9.18 Å². The number of carbonyl (C=O) groups is 1. The number of ether oxygens (including phenoxy) is 1. The molecule has 1 saturated heterocycles. The van der Waals surface area contributed by atoms with Gasteiger partial charge in [-0.2, -0.15) is 0 Å². The number of halogens is 2. The maximum atomic E-state index is 14.0. The largest absolute Gasteiger partial charge is 0.395 e. The zero-order valence-corrected chi connectivity index (χ0v) is 13.3. The van der Waals surface area contributed by atoms with Gasteiger partial charge in [0, 0.05) is 17.1 Å². The number of aliphatic hydroxyl groups excluding tert-OH is 1. The van der Waals surface area contributed by atoms with Gasteiger partial charge in [0.15, 0.2) is 0 Å². The van der Waals surface area contributed by atoms with Crippen LogP contribution in [0.1, 0.15) is 19.4 Å². The van der Waals surface area contributed by atoms with Gasteiger partial charge in [0.25, 0.3) is 5.91 Å². The Hall–Kier alpha value is -1.21. The van der Waals surface area contributed by atoms with E-state index in [2.05, 4.69) is 10.6 Å². The number of aliphatic hydroxyl groups is 1. The van der Waals surface area contributed by atoms with Crippen molar-refractivity contribution >= 4 is 17.5 Å². The van der Waals surface area contributed by atoms with Crippen LogP contribution in [0.3, 0.4) is 0 Å². The number of morpholine rings is 1. The Morgan fingerprint density at radius 1 is 1.59 bits per heavy atom. The molecule has 1 aliphatic heterocycles. The van der Waals surface area contributed by atoms with Crippen LogP contribution in [0.5, 0.6) is 0 Å². The fraction of sp³-hybridized carbons (Fsp3) is 0.533. The summed E-state index contributed by atoms with van der Waals surface area (Å²) in [6.45, 7) is 3.93. The van der Waals surface area contributed by atoms with Crippen molar-refractivity contribution in [3.8, 4) is 0 Å². The summed E-state index contributed by atoms with van der Waals surface area (Å²) in [4.78, 5) is 12.3. The van der Waals surface area contributed by atoms with Crippen molar-refractivity contribution in [3.63, 3.8) is 0 Å². The fourth-order valence-electron chi connectivity index (χ4n) is 2.36. The van der Waals surface area contributed by atoms with Crippen molar-refractivity contribution in [2.24, 2.45) is 0 Å². The molecule has 0 radical (unpaired) electrons. The second-order valence-corrected chi connectivity index (χ2v) is 6.28. The first-order chi connectivity index (χ1) is 10.3. The van der Waals surface area contributed by atoms with Gasteiger partial charge >= 0.3 is 0 Å². The Morgan fingerprint density at radius 3 is 2.86 bits per heavy atom. The van der Waals surface area contributed by atoms with Crippen LogP contribution in [-0.2, 0) is 15.1 Å². The topological polar surface area (TPSA) is 70.6 Å². The molecular weight excluding hydrogens is 311 g/mol. The van der Waals surface area contributed by atoms with Gasteiger partial charge in [0.1, 0.15) is 11.9 Å². The standard InChI is InChI=1S/C15H20ClFN2O3/c1-15(2,11-4-3-9(16)5-12(11)17)19-14(21)13-6-18-10(7-20)8-22-13/h3-5,10,13,18,20H,6-8H2,1-2H3,(H,19,21)/t10-,13-/m0/s1. The van der Waals surface area contributed by atoms with Crippen LogP contribution in [0.4, 0.5) is 4.39 Å². The lowest BCUT2D eigenvalue weighted by molar-refractivity contribution is -0.137. The summed E-state index contributed by atoms with van der Waals surface area (Å²) in [5.74, 6) is -0.802. The van der Waals surface area contributed by atoms with E-state index in [4.69, 9.17) is 21.4 Å². The third-order valence-electron chi connectivity index (χ3n) is 3.64. The molecule has 5 nitrogen and oxygen atoms in total. The van der Waals surface area contributed by atoms with Crippen molar-refractivity contribution in [1.29, 1.82) is 0 Å². The quantitative estimate of drug-likeness (QED) is 0.775. The van der Waals surface area contributed by atoms with Gasteiger partial charge in [-0.15, -0.1) is 0 Å². The molecule has 0 aliphatic carbocycles. The molecule has 0 spiro atoms. The Morgan fingerprint density at radius 2 is 2.32 bits per heavy atom. The van der Waals surface area contributed by atoms with Crippen LogP contribution in [0.25, 0.3) is 0 Å². The predicted molar refractivity (Wildman–Crippen MR) is 81.2 cm³/mol. The molecule has 0 unspecified atom stereocenters. The lowest BCUT2D eigenvalue weighted by Crippen LogP contribution is -2.56. The number of carbonyl (C=O) groups excluding carboxylic acids is 1. The summed E-state index contributed by atoms with van der Waals surface area (Å²) in [6, 6.07) is 4.19. The Kier molecular flexibility index (Phi) is 5.39. The zero-order valence-electron chi connectivity index (χ0n) is 12.5. The first-order valence-corrected chi connectivity index (χ1v) is 7.44. The van der Waals surface area contributed by atoms with Crippen LogP contribution in [0.2, 0.25) is 5.02 Å². The molecule has 2 atom stereocenters. The van der Waals surface area contributed by atoms with Gasteiger partial charge in [0.2, 0.25) is 0 Å². The van der Waals surface area contributed by atoms with Gasteiger partial charge in [-0.3, -0.25) is 4.79 Å². The number of nitrogens with one attached hydrogen (secondary N) is 2. The van der Waals surface area contributed by atoms with Gasteiger partial charge < -0.3 is 20.5 Å². The SMILES string of the molecule is CC(C)(NC(=O)[C@@H]1CN[C@@H](CO)CO1)c1ccc(Cl)cc1F. The third kappa shape index (κ3) is 3.95. The molecule has 0 bridgehead atoms. The van der Waals surface area contributed by atoms with Gasteiger partial charge in [0.05, 0.1) is 24.8 Å². The van der Waals surface area contributed by atoms with E-state index in [1.165, 1.54) is 6.07 Å². The van der Waals surface area contributed by atoms with E-state index in [1.54, 1.807) is 26.0 Å². The lowest BCUT2D eigenvalue weighted by Gasteiger charge is -2.33. The number of hydrogen-bond donors (Lipinski definition) is 3. The molecular formula is C15H20ClFN2O3. The van der Waals surface area contributed by atoms with Crippen molar-refractivity contribution < 1.29 is 19.0 Å². The minimum absolute atomic E-state index is 0.0458. The van der Waals surface area contributed by atoms with E-state index in [0.717, 1.165) is 0 Å². The fourth-order valence-corrected chi connectivity index (χ4v) is 2.52. The summed E-state index contributed by atoms with van der Waals surface area (Å²) >= 11 is 5.75. The van der Waals surface area contributed by atoms with Gasteiger partial charge in [-0.05, 0) is 26.0 Å². The summed E-state index contributed by atoms with van der Waals surface area (Å²) in [5.41, 5.74) is -0.551. The molecule has 1 amide bonds. The first kappa shape index (κ1) is 17.1. The summed E-state index contributed by atoms with van der Waals surface area (Å²) in [7, 11) is 0. The molecule has 0 saturated carbocycles. The Labute approximate surface area is 133 Å². The van der Waals surface area contributed by atoms with E-state index in [1.807, 2.05) is 0 Å². The van der Waals surface area contributed by atoms with Gasteiger partial charge in [-0.1, -0.05) is 17.7 Å². The molecule has 1 aromatic carbocycles. The van der Waals surface area contributed by atoms with Crippen molar-refractivity contribution in [1.82, 2.24) is 10.6 Å². The molecule has 1 aromatic rings.